The molecule has 2 rings (SSSR count). The van der Waals surface area contributed by atoms with E-state index in [4.69, 9.17) is 4.74 Å². The lowest BCUT2D eigenvalue weighted by Gasteiger charge is -2.28. The maximum Gasteiger partial charge on any atom is 0.143 e. The highest BCUT2D eigenvalue weighted by molar-refractivity contribution is 5.36. The Hall–Kier alpha value is -1.53. The lowest BCUT2D eigenvalue weighted by molar-refractivity contribution is 0.201. The van der Waals surface area contributed by atoms with E-state index < -0.39 is 5.54 Å². The first kappa shape index (κ1) is 14.9. The highest BCUT2D eigenvalue weighted by Gasteiger charge is 2.46. The number of benzene rings is 1. The van der Waals surface area contributed by atoms with Crippen LogP contribution in [0.5, 0.6) is 5.75 Å². The predicted octanol–water partition coefficient (Wildman–Crippen LogP) is 3.35. The summed E-state index contributed by atoms with van der Waals surface area (Å²) in [6, 6.07) is 8.64. The summed E-state index contributed by atoms with van der Waals surface area (Å²) >= 11 is 0. The van der Waals surface area contributed by atoms with Crippen molar-refractivity contribution >= 4 is 0 Å². The van der Waals surface area contributed by atoms with Crippen LogP contribution in [-0.4, -0.2) is 18.7 Å². The largest absolute Gasteiger partial charge is 0.490 e. The van der Waals surface area contributed by atoms with Crippen LogP contribution < -0.4 is 10.1 Å². The van der Waals surface area contributed by atoms with E-state index in [0.29, 0.717) is 12.5 Å². The van der Waals surface area contributed by atoms with Crippen molar-refractivity contribution in [1.29, 1.82) is 5.26 Å². The summed E-state index contributed by atoms with van der Waals surface area (Å²) < 4.78 is 5.96. The van der Waals surface area contributed by atoms with Crippen molar-refractivity contribution in [2.75, 3.05) is 13.2 Å². The first-order valence-corrected chi connectivity index (χ1v) is 7.47. The summed E-state index contributed by atoms with van der Waals surface area (Å²) in [4.78, 5) is 0. The number of hydrogen-bond donors (Lipinski definition) is 1. The van der Waals surface area contributed by atoms with Gasteiger partial charge in [-0.3, -0.25) is 5.32 Å². The molecule has 1 N–H and O–H groups in total. The molecule has 1 aromatic carbocycles. The molecule has 0 spiro atoms. The molecule has 1 aliphatic carbocycles. The smallest absolute Gasteiger partial charge is 0.143 e. The quantitative estimate of drug-likeness (QED) is 0.828. The third kappa shape index (κ3) is 3.32. The van der Waals surface area contributed by atoms with Crippen LogP contribution in [0, 0.1) is 31.1 Å². The average Bonchev–Trinajstić information content (AvgIpc) is 3.26. The van der Waals surface area contributed by atoms with Crippen molar-refractivity contribution < 1.29 is 4.74 Å². The van der Waals surface area contributed by atoms with E-state index in [1.54, 1.807) is 0 Å². The normalized spacial score (nSPS) is 17.3. The molecule has 3 heteroatoms. The third-order valence-electron chi connectivity index (χ3n) is 3.95. The summed E-state index contributed by atoms with van der Waals surface area (Å²) in [6.07, 6.45) is 3.28. The van der Waals surface area contributed by atoms with Gasteiger partial charge in [-0.25, -0.2) is 0 Å². The van der Waals surface area contributed by atoms with Gasteiger partial charge in [0.05, 0.1) is 6.07 Å². The molecule has 0 amide bonds. The minimum atomic E-state index is -0.520. The molecule has 0 saturated heterocycles. The van der Waals surface area contributed by atoms with Gasteiger partial charge in [0.15, 0.2) is 0 Å². The molecule has 1 unspecified atom stereocenters. The van der Waals surface area contributed by atoms with Crippen molar-refractivity contribution in [3.05, 3.63) is 29.3 Å². The van der Waals surface area contributed by atoms with Crippen LogP contribution in [0.15, 0.2) is 18.2 Å². The van der Waals surface area contributed by atoms with Crippen molar-refractivity contribution in [2.45, 2.75) is 45.6 Å². The Morgan fingerprint density at radius 1 is 1.40 bits per heavy atom. The standard InChI is InChI=1S/C17H24N2O/c1-4-9-19-17(11-18,15-6-7-15)12-20-16-8-5-13(2)10-14(16)3/h5,8,10,15,19H,4,6-7,9,12H2,1-3H3. The molecule has 1 aromatic rings. The van der Waals surface area contributed by atoms with E-state index >= 15 is 0 Å². The van der Waals surface area contributed by atoms with E-state index in [2.05, 4.69) is 31.3 Å². The van der Waals surface area contributed by atoms with Gasteiger partial charge >= 0.3 is 0 Å². The SMILES string of the molecule is CCCNC(C#N)(COc1ccc(C)cc1C)C1CC1. The monoisotopic (exact) mass is 272 g/mol. The number of nitrogens with zero attached hydrogens (tertiary/aromatic N) is 1. The number of aryl methyl sites for hydroxylation is 2. The number of rotatable bonds is 7. The Morgan fingerprint density at radius 2 is 2.15 bits per heavy atom. The van der Waals surface area contributed by atoms with E-state index in [1.807, 2.05) is 19.1 Å². The lowest BCUT2D eigenvalue weighted by Crippen LogP contribution is -2.51. The molecule has 1 atom stereocenters. The van der Waals surface area contributed by atoms with Crippen LogP contribution in [0.4, 0.5) is 0 Å². The van der Waals surface area contributed by atoms with Gasteiger partial charge in [0.1, 0.15) is 17.9 Å². The lowest BCUT2D eigenvalue weighted by atomic mass is 9.96. The Balaban J connectivity index is 2.06. The number of hydrogen-bond acceptors (Lipinski definition) is 3. The highest BCUT2D eigenvalue weighted by Crippen LogP contribution is 2.40. The molecule has 0 aromatic heterocycles. The second kappa shape index (κ2) is 6.28. The molecule has 0 heterocycles. The predicted molar refractivity (Wildman–Crippen MR) is 80.8 cm³/mol. The minimum absolute atomic E-state index is 0.429. The topological polar surface area (TPSA) is 45.0 Å². The Morgan fingerprint density at radius 3 is 2.70 bits per heavy atom. The van der Waals surface area contributed by atoms with E-state index in [-0.39, 0.29) is 0 Å². The van der Waals surface area contributed by atoms with E-state index in [1.165, 1.54) is 5.56 Å². The van der Waals surface area contributed by atoms with E-state index in [9.17, 15) is 5.26 Å². The first-order valence-electron chi connectivity index (χ1n) is 7.47. The maximum absolute atomic E-state index is 9.61. The van der Waals surface area contributed by atoms with Gasteiger partial charge in [-0.2, -0.15) is 5.26 Å². The molecule has 0 bridgehead atoms. The molecule has 20 heavy (non-hydrogen) atoms. The van der Waals surface area contributed by atoms with Gasteiger partial charge < -0.3 is 4.74 Å². The molecule has 0 aliphatic heterocycles. The average molecular weight is 272 g/mol. The van der Waals surface area contributed by atoms with Crippen LogP contribution in [0.3, 0.4) is 0 Å². The van der Waals surface area contributed by atoms with Gasteiger partial charge in [-0.1, -0.05) is 24.6 Å². The second-order valence-electron chi connectivity index (χ2n) is 5.84. The fraction of sp³-hybridized carbons (Fsp3) is 0.588. The zero-order valence-electron chi connectivity index (χ0n) is 12.7. The summed E-state index contributed by atoms with van der Waals surface area (Å²) in [6.45, 7) is 7.53. The van der Waals surface area contributed by atoms with Gasteiger partial charge in [0.2, 0.25) is 0 Å². The highest BCUT2D eigenvalue weighted by atomic mass is 16.5. The number of ether oxygens (including phenoxy) is 1. The number of nitrogens with one attached hydrogen (secondary N) is 1. The Bertz CT molecular complexity index is 502. The molecular formula is C17H24N2O. The molecule has 0 radical (unpaired) electrons. The summed E-state index contributed by atoms with van der Waals surface area (Å²) in [5, 5.41) is 13.0. The molecule has 3 nitrogen and oxygen atoms in total. The third-order valence-corrected chi connectivity index (χ3v) is 3.95. The van der Waals surface area contributed by atoms with E-state index in [0.717, 1.165) is 37.1 Å². The molecular weight excluding hydrogens is 248 g/mol. The van der Waals surface area contributed by atoms with Crippen molar-refractivity contribution in [1.82, 2.24) is 5.32 Å². The molecule has 1 aliphatic rings. The van der Waals surface area contributed by atoms with Crippen LogP contribution in [-0.2, 0) is 0 Å². The minimum Gasteiger partial charge on any atom is -0.490 e. The van der Waals surface area contributed by atoms with Crippen LogP contribution in [0.25, 0.3) is 0 Å². The molecule has 1 fully saturated rings. The fourth-order valence-corrected chi connectivity index (χ4v) is 2.55. The van der Waals surface area contributed by atoms with Gasteiger partial charge in [-0.05, 0) is 57.2 Å². The first-order chi connectivity index (χ1) is 9.61. The van der Waals surface area contributed by atoms with Gasteiger partial charge in [0.25, 0.3) is 0 Å². The fourth-order valence-electron chi connectivity index (χ4n) is 2.55. The Labute approximate surface area is 121 Å². The Kier molecular flexibility index (Phi) is 4.67. The summed E-state index contributed by atoms with van der Waals surface area (Å²) in [5.41, 5.74) is 1.84. The van der Waals surface area contributed by atoms with Crippen molar-refractivity contribution in [3.8, 4) is 11.8 Å². The van der Waals surface area contributed by atoms with Crippen LogP contribution in [0.2, 0.25) is 0 Å². The van der Waals surface area contributed by atoms with Crippen LogP contribution in [0.1, 0.15) is 37.3 Å². The zero-order chi connectivity index (χ0) is 14.6. The summed E-state index contributed by atoms with van der Waals surface area (Å²) in [5.74, 6) is 1.32. The van der Waals surface area contributed by atoms with Crippen molar-refractivity contribution in [2.24, 2.45) is 5.92 Å². The number of nitriles is 1. The van der Waals surface area contributed by atoms with Crippen molar-refractivity contribution in [3.63, 3.8) is 0 Å². The van der Waals surface area contributed by atoms with Crippen LogP contribution >= 0.6 is 0 Å². The molecule has 1 saturated carbocycles. The van der Waals surface area contributed by atoms with Gasteiger partial charge in [0, 0.05) is 0 Å². The molecule has 108 valence electrons. The van der Waals surface area contributed by atoms with Gasteiger partial charge in [-0.15, -0.1) is 0 Å². The second-order valence-corrected chi connectivity index (χ2v) is 5.84. The maximum atomic E-state index is 9.61. The summed E-state index contributed by atoms with van der Waals surface area (Å²) in [7, 11) is 0. The zero-order valence-corrected chi connectivity index (χ0v) is 12.7.